The van der Waals surface area contributed by atoms with Crippen molar-refractivity contribution in [3.8, 4) is 11.5 Å². The van der Waals surface area contributed by atoms with Gasteiger partial charge in [0.05, 0.1) is 35.1 Å². The van der Waals surface area contributed by atoms with E-state index in [0.717, 1.165) is 12.1 Å². The maximum absolute atomic E-state index is 14.8. The van der Waals surface area contributed by atoms with Crippen molar-refractivity contribution in [1.82, 2.24) is 0 Å². The average Bonchev–Trinajstić information content (AvgIpc) is 4.15. The zero-order valence-corrected chi connectivity index (χ0v) is 37.0. The van der Waals surface area contributed by atoms with E-state index in [-0.39, 0.29) is 97.1 Å². The Balaban J connectivity index is 0.000000232. The van der Waals surface area contributed by atoms with Crippen molar-refractivity contribution in [2.45, 2.75) is 67.8 Å². The van der Waals surface area contributed by atoms with Gasteiger partial charge >= 0.3 is 0 Å². The molecule has 334 valence electrons. The van der Waals surface area contributed by atoms with Gasteiger partial charge in [-0.25, -0.2) is 43.2 Å². The summed E-state index contributed by atoms with van der Waals surface area (Å²) in [7, 11) is -5.80. The smallest absolute Gasteiger partial charge is 0.238 e. The lowest BCUT2D eigenvalue weighted by molar-refractivity contribution is 0.141. The predicted octanol–water partition coefficient (Wildman–Crippen LogP) is 7.24. The van der Waals surface area contributed by atoms with Crippen LogP contribution in [0.4, 0.5) is 37.7 Å². The molecule has 0 atom stereocenters. The van der Waals surface area contributed by atoms with Crippen LogP contribution in [0.5, 0.6) is 11.5 Å². The molecule has 0 heterocycles. The summed E-state index contributed by atoms with van der Waals surface area (Å²) in [6.07, 6.45) is 0.491. The van der Waals surface area contributed by atoms with Crippen LogP contribution in [-0.2, 0) is 32.9 Å². The lowest BCUT2D eigenvalue weighted by atomic mass is 10.0. The first-order valence-corrected chi connectivity index (χ1v) is 22.9. The maximum atomic E-state index is 14.8. The molecule has 2 aliphatic carbocycles. The Kier molecular flexibility index (Phi) is 15.2. The van der Waals surface area contributed by atoms with E-state index in [1.165, 1.54) is 38.5 Å². The molecular weight excluding hydrogens is 969 g/mol. The minimum absolute atomic E-state index is 0.00322. The third-order valence-electron chi connectivity index (χ3n) is 10.9. The summed E-state index contributed by atoms with van der Waals surface area (Å²) in [5, 5.41) is 27.9. The van der Waals surface area contributed by atoms with Crippen molar-refractivity contribution in [1.29, 1.82) is 0 Å². The summed E-state index contributed by atoms with van der Waals surface area (Å²) in [4.78, 5) is 0. The van der Waals surface area contributed by atoms with E-state index in [9.17, 15) is 58.5 Å². The van der Waals surface area contributed by atoms with Crippen LogP contribution in [0.25, 0.3) is 0 Å². The van der Waals surface area contributed by atoms with Crippen LogP contribution in [0.15, 0.2) is 48.5 Å². The molecule has 6 rings (SSSR count). The molecule has 20 heteroatoms. The van der Waals surface area contributed by atoms with Crippen molar-refractivity contribution in [2.24, 2.45) is 5.92 Å². The van der Waals surface area contributed by atoms with Gasteiger partial charge in [0.25, 0.3) is 0 Å². The van der Waals surface area contributed by atoms with E-state index in [2.05, 4.69) is 9.44 Å². The number of aryl methyl sites for hydroxylation is 1. The zero-order valence-electron chi connectivity index (χ0n) is 33.2. The van der Waals surface area contributed by atoms with Crippen molar-refractivity contribution < 1.29 is 68.0 Å². The average molecular weight is 1010 g/mol. The summed E-state index contributed by atoms with van der Waals surface area (Å²) < 4.78 is 152. The number of hydrogen-bond donors (Lipinski definition) is 5. The number of rotatable bonds is 18. The summed E-state index contributed by atoms with van der Waals surface area (Å²) >= 11 is 1.92. The van der Waals surface area contributed by atoms with Gasteiger partial charge in [0, 0.05) is 65.4 Å². The number of aliphatic hydroxyl groups excluding tert-OH is 3. The first-order valence-electron chi connectivity index (χ1n) is 18.9. The van der Waals surface area contributed by atoms with Gasteiger partial charge in [-0.15, -0.1) is 0 Å². The molecule has 4 aromatic rings. The third-order valence-corrected chi connectivity index (χ3v) is 16.0. The number of benzene rings is 4. The number of hydrogen-bond acceptors (Lipinski definition) is 9. The topological polar surface area (TPSA) is 171 Å². The van der Waals surface area contributed by atoms with Crippen LogP contribution in [0.3, 0.4) is 0 Å². The SMILES string of the molecule is COc1cc(F)c(F)c(Cc2ccc(C)cc2F)c1NS(=O)(=O)C1(CC(CO)CO)CC1.COc1cc(F)c(F)c(Cc2ccc(I)cc2F)c1NS(=O)(=O)C1(CCO)CC1. The van der Waals surface area contributed by atoms with Crippen LogP contribution >= 0.6 is 22.6 Å². The van der Waals surface area contributed by atoms with E-state index >= 15 is 0 Å². The molecule has 0 saturated heterocycles. The molecule has 0 amide bonds. The van der Waals surface area contributed by atoms with E-state index in [1.807, 2.05) is 22.6 Å². The largest absolute Gasteiger partial charge is 0.494 e. The fourth-order valence-electron chi connectivity index (χ4n) is 6.94. The molecule has 0 bridgehead atoms. The molecule has 4 aromatic carbocycles. The van der Waals surface area contributed by atoms with Crippen molar-refractivity contribution in [2.75, 3.05) is 43.5 Å². The molecule has 2 saturated carbocycles. The highest BCUT2D eigenvalue weighted by Gasteiger charge is 2.56. The van der Waals surface area contributed by atoms with E-state index < -0.39 is 76.8 Å². The highest BCUT2D eigenvalue weighted by Crippen LogP contribution is 2.50. The Morgan fingerprint density at radius 1 is 0.672 bits per heavy atom. The molecule has 61 heavy (non-hydrogen) atoms. The number of methoxy groups -OCH3 is 2. The van der Waals surface area contributed by atoms with Crippen LogP contribution in [0.2, 0.25) is 0 Å². The summed E-state index contributed by atoms with van der Waals surface area (Å²) in [5.41, 5.74) is -0.535. The summed E-state index contributed by atoms with van der Waals surface area (Å²) in [6, 6.07) is 10.0. The first kappa shape index (κ1) is 48.2. The monoisotopic (exact) mass is 1010 g/mol. The Hall–Kier alpha value is -3.83. The van der Waals surface area contributed by atoms with Gasteiger partial charge in [-0.2, -0.15) is 0 Å². The second-order valence-electron chi connectivity index (χ2n) is 15.1. The van der Waals surface area contributed by atoms with Crippen molar-refractivity contribution in [3.05, 3.63) is 115 Å². The fourth-order valence-corrected chi connectivity index (χ4v) is 10.9. The molecule has 0 spiro atoms. The summed E-state index contributed by atoms with van der Waals surface area (Å²) in [6.45, 7) is 0.580. The Bertz CT molecular complexity index is 2480. The summed E-state index contributed by atoms with van der Waals surface area (Å²) in [5.74, 6) is -7.43. The van der Waals surface area contributed by atoms with Gasteiger partial charge in [-0.3, -0.25) is 9.44 Å². The normalized spacial score (nSPS) is 15.2. The molecular formula is C41H45F6IN2O9S2. The minimum atomic E-state index is -4.15. The van der Waals surface area contributed by atoms with E-state index in [4.69, 9.17) is 9.47 Å². The van der Waals surface area contributed by atoms with Gasteiger partial charge < -0.3 is 24.8 Å². The molecule has 5 N–H and O–H groups in total. The molecule has 2 aliphatic rings. The second-order valence-corrected chi connectivity index (χ2v) is 20.5. The molecule has 11 nitrogen and oxygen atoms in total. The van der Waals surface area contributed by atoms with Crippen LogP contribution in [0.1, 0.15) is 66.3 Å². The van der Waals surface area contributed by atoms with Crippen molar-refractivity contribution in [3.63, 3.8) is 0 Å². The van der Waals surface area contributed by atoms with E-state index in [1.54, 1.807) is 19.1 Å². The first-order chi connectivity index (χ1) is 28.7. The molecule has 0 aromatic heterocycles. The van der Waals surface area contributed by atoms with Gasteiger partial charge in [-0.1, -0.05) is 18.2 Å². The zero-order chi connectivity index (χ0) is 45.1. The Morgan fingerprint density at radius 2 is 1.11 bits per heavy atom. The fraction of sp³-hybridized carbons (Fsp3) is 0.415. The van der Waals surface area contributed by atoms with E-state index in [0.29, 0.717) is 22.0 Å². The number of aliphatic hydroxyl groups is 3. The quantitative estimate of drug-likeness (QED) is 0.0509. The number of halogens is 7. The molecule has 0 unspecified atom stereocenters. The third kappa shape index (κ3) is 10.5. The number of nitrogens with one attached hydrogen (secondary N) is 2. The number of ether oxygens (including phenoxy) is 2. The van der Waals surface area contributed by atoms with Crippen LogP contribution in [-0.4, -0.2) is 75.7 Å². The highest BCUT2D eigenvalue weighted by atomic mass is 127. The van der Waals surface area contributed by atoms with Gasteiger partial charge in [0.1, 0.15) is 23.1 Å². The highest BCUT2D eigenvalue weighted by molar-refractivity contribution is 14.1. The number of anilines is 2. The van der Waals surface area contributed by atoms with Gasteiger partial charge in [-0.05, 0) is 103 Å². The van der Waals surface area contributed by atoms with Gasteiger partial charge in [0.2, 0.25) is 20.0 Å². The standard InChI is InChI=1S/C22H26F3NO5S.C19H19F3INO4S/c1-13-3-4-15(17(23)7-13)8-16-20(25)18(24)9-19(31-2)21(16)26-32(29,30)22(5-6-22)10-14(11-27)12-28;1-28-16-10-15(21)17(22)13(8-11-2-3-12(23)9-14(11)20)18(16)24-29(26,27)19(4-5-19)6-7-25/h3-4,7,9,14,26-28H,5-6,8,10-12H2,1-2H3;2-3,9-10,24-25H,4-8H2,1H3. The Labute approximate surface area is 363 Å². The van der Waals surface area contributed by atoms with Crippen LogP contribution in [0, 0.1) is 51.3 Å². The number of sulfonamides is 2. The van der Waals surface area contributed by atoms with Crippen molar-refractivity contribution >= 4 is 54.0 Å². The predicted molar refractivity (Wildman–Crippen MR) is 225 cm³/mol. The second kappa shape index (κ2) is 19.3. The minimum Gasteiger partial charge on any atom is -0.494 e. The molecule has 2 fully saturated rings. The van der Waals surface area contributed by atoms with Gasteiger partial charge in [0.15, 0.2) is 23.3 Å². The van der Waals surface area contributed by atoms with Crippen LogP contribution < -0.4 is 18.9 Å². The molecule has 0 aliphatic heterocycles. The Morgan fingerprint density at radius 3 is 1.51 bits per heavy atom. The lowest BCUT2D eigenvalue weighted by Crippen LogP contribution is -2.34. The molecule has 0 radical (unpaired) electrons. The lowest BCUT2D eigenvalue weighted by Gasteiger charge is -2.24. The maximum Gasteiger partial charge on any atom is 0.238 e.